The van der Waals surface area contributed by atoms with Gasteiger partial charge in [-0.1, -0.05) is 0 Å². The maximum absolute atomic E-state index is 12.7. The Bertz CT molecular complexity index is 498. The molecule has 1 aliphatic rings. The molecule has 4 nitrogen and oxygen atoms in total. The van der Waals surface area contributed by atoms with Crippen LogP contribution in [0.4, 0.5) is 5.69 Å². The van der Waals surface area contributed by atoms with Gasteiger partial charge in [-0.25, -0.2) is 0 Å². The van der Waals surface area contributed by atoms with Gasteiger partial charge in [0.25, 0.3) is 5.91 Å². The summed E-state index contributed by atoms with van der Waals surface area (Å²) in [7, 11) is 0. The van der Waals surface area contributed by atoms with Crippen LogP contribution >= 0.6 is 0 Å². The predicted molar refractivity (Wildman–Crippen MR) is 92.3 cm³/mol. The first-order valence-electron chi connectivity index (χ1n) is 8.35. The van der Waals surface area contributed by atoms with Crippen LogP contribution in [0.2, 0.25) is 0 Å². The van der Waals surface area contributed by atoms with E-state index in [0.717, 1.165) is 25.1 Å². The van der Waals surface area contributed by atoms with Gasteiger partial charge in [0.2, 0.25) is 0 Å². The Labute approximate surface area is 134 Å². The van der Waals surface area contributed by atoms with Gasteiger partial charge in [0.05, 0.1) is 0 Å². The molecule has 1 aromatic rings. The number of hydrogen-bond acceptors (Lipinski definition) is 3. The molecular weight excluding hydrogens is 274 g/mol. The number of amides is 1. The van der Waals surface area contributed by atoms with E-state index in [1.54, 1.807) is 0 Å². The van der Waals surface area contributed by atoms with Gasteiger partial charge in [0, 0.05) is 36.4 Å². The lowest BCUT2D eigenvalue weighted by Gasteiger charge is -2.28. The van der Waals surface area contributed by atoms with Gasteiger partial charge in [0.1, 0.15) is 0 Å². The number of hydrogen-bond donors (Lipinski definition) is 1. The summed E-state index contributed by atoms with van der Waals surface area (Å²) in [6, 6.07) is 8.74. The molecule has 0 bridgehead atoms. The quantitative estimate of drug-likeness (QED) is 0.910. The molecule has 2 rings (SSSR count). The van der Waals surface area contributed by atoms with Crippen molar-refractivity contribution in [3.63, 3.8) is 0 Å². The number of benzene rings is 1. The van der Waals surface area contributed by atoms with E-state index in [2.05, 4.69) is 44.7 Å². The lowest BCUT2D eigenvalue weighted by Crippen LogP contribution is -2.34. The van der Waals surface area contributed by atoms with E-state index < -0.39 is 0 Å². The van der Waals surface area contributed by atoms with E-state index in [1.165, 1.54) is 5.69 Å². The van der Waals surface area contributed by atoms with Crippen LogP contribution in [0.5, 0.6) is 0 Å². The molecular formula is C18H29N3O. The SMILES string of the molecule is CCN(c1ccc(C(=O)N2CC(CN)CC2C)cc1)C(C)C. The molecule has 1 saturated heterocycles. The van der Waals surface area contributed by atoms with Crippen LogP contribution < -0.4 is 10.6 Å². The summed E-state index contributed by atoms with van der Waals surface area (Å²) in [5, 5.41) is 0. The van der Waals surface area contributed by atoms with Crippen molar-refractivity contribution in [2.24, 2.45) is 11.7 Å². The highest BCUT2D eigenvalue weighted by atomic mass is 16.2. The van der Waals surface area contributed by atoms with Gasteiger partial charge in [0.15, 0.2) is 0 Å². The van der Waals surface area contributed by atoms with E-state index in [1.807, 2.05) is 17.0 Å². The highest BCUT2D eigenvalue weighted by molar-refractivity contribution is 5.95. The maximum Gasteiger partial charge on any atom is 0.254 e. The smallest absolute Gasteiger partial charge is 0.254 e. The lowest BCUT2D eigenvalue weighted by atomic mass is 10.1. The fourth-order valence-electron chi connectivity index (χ4n) is 3.40. The van der Waals surface area contributed by atoms with Crippen molar-refractivity contribution in [1.82, 2.24) is 4.90 Å². The summed E-state index contributed by atoms with van der Waals surface area (Å²) in [5.74, 6) is 0.567. The number of likely N-dealkylation sites (tertiary alicyclic amines) is 1. The molecule has 2 unspecified atom stereocenters. The van der Waals surface area contributed by atoms with Crippen molar-refractivity contribution < 1.29 is 4.79 Å². The van der Waals surface area contributed by atoms with Crippen LogP contribution in [-0.2, 0) is 0 Å². The Balaban J connectivity index is 2.12. The molecule has 1 amide bonds. The van der Waals surface area contributed by atoms with Crippen LogP contribution in [0.15, 0.2) is 24.3 Å². The largest absolute Gasteiger partial charge is 0.369 e. The zero-order chi connectivity index (χ0) is 16.3. The Kier molecular flexibility index (Phi) is 5.46. The fourth-order valence-corrected chi connectivity index (χ4v) is 3.40. The normalized spacial score (nSPS) is 21.5. The number of anilines is 1. The van der Waals surface area contributed by atoms with Crippen molar-refractivity contribution in [3.05, 3.63) is 29.8 Å². The van der Waals surface area contributed by atoms with Crippen molar-refractivity contribution in [2.45, 2.75) is 46.2 Å². The zero-order valence-corrected chi connectivity index (χ0v) is 14.2. The molecule has 122 valence electrons. The summed E-state index contributed by atoms with van der Waals surface area (Å²) < 4.78 is 0. The standard InChI is InChI=1S/C18H29N3O/c1-5-20(13(2)3)17-8-6-16(7-9-17)18(22)21-12-15(11-19)10-14(21)4/h6-9,13-15H,5,10-12,19H2,1-4H3. The number of nitrogens with two attached hydrogens (primary N) is 1. The van der Waals surface area contributed by atoms with Crippen molar-refractivity contribution in [3.8, 4) is 0 Å². The molecule has 4 heteroatoms. The molecule has 2 N–H and O–H groups in total. The summed E-state index contributed by atoms with van der Waals surface area (Å²) >= 11 is 0. The van der Waals surface area contributed by atoms with E-state index in [0.29, 0.717) is 18.5 Å². The van der Waals surface area contributed by atoms with E-state index in [-0.39, 0.29) is 11.9 Å². The van der Waals surface area contributed by atoms with Gasteiger partial charge in [-0.3, -0.25) is 4.79 Å². The number of carbonyl (C=O) groups is 1. The average Bonchev–Trinajstić information content (AvgIpc) is 2.89. The summed E-state index contributed by atoms with van der Waals surface area (Å²) in [4.78, 5) is 17.0. The molecule has 0 aromatic heterocycles. The average molecular weight is 303 g/mol. The monoisotopic (exact) mass is 303 g/mol. The Morgan fingerprint density at radius 1 is 1.36 bits per heavy atom. The topological polar surface area (TPSA) is 49.6 Å². The van der Waals surface area contributed by atoms with Crippen molar-refractivity contribution in [2.75, 3.05) is 24.5 Å². The summed E-state index contributed by atoms with van der Waals surface area (Å²) in [5.41, 5.74) is 7.69. The molecule has 0 aliphatic carbocycles. The second-order valence-corrected chi connectivity index (χ2v) is 6.57. The molecule has 22 heavy (non-hydrogen) atoms. The van der Waals surface area contributed by atoms with Crippen molar-refractivity contribution in [1.29, 1.82) is 0 Å². The number of carbonyl (C=O) groups excluding carboxylic acids is 1. The molecule has 1 heterocycles. The van der Waals surface area contributed by atoms with Gasteiger partial charge >= 0.3 is 0 Å². The molecule has 1 fully saturated rings. The lowest BCUT2D eigenvalue weighted by molar-refractivity contribution is 0.0743. The van der Waals surface area contributed by atoms with Gasteiger partial charge in [-0.2, -0.15) is 0 Å². The molecule has 2 atom stereocenters. The summed E-state index contributed by atoms with van der Waals surface area (Å²) in [6.07, 6.45) is 1.01. The second-order valence-electron chi connectivity index (χ2n) is 6.57. The molecule has 0 spiro atoms. The Morgan fingerprint density at radius 2 is 2.00 bits per heavy atom. The predicted octanol–water partition coefficient (Wildman–Crippen LogP) is 2.73. The minimum Gasteiger partial charge on any atom is -0.369 e. The molecule has 0 saturated carbocycles. The van der Waals surface area contributed by atoms with E-state index >= 15 is 0 Å². The van der Waals surface area contributed by atoms with Gasteiger partial charge < -0.3 is 15.5 Å². The van der Waals surface area contributed by atoms with Crippen LogP contribution in [0, 0.1) is 5.92 Å². The molecule has 1 aromatic carbocycles. The van der Waals surface area contributed by atoms with Gasteiger partial charge in [-0.05, 0) is 70.8 Å². The van der Waals surface area contributed by atoms with Crippen LogP contribution in [0.25, 0.3) is 0 Å². The number of nitrogens with zero attached hydrogens (tertiary/aromatic N) is 2. The zero-order valence-electron chi connectivity index (χ0n) is 14.2. The third kappa shape index (κ3) is 3.43. The molecule has 1 aliphatic heterocycles. The van der Waals surface area contributed by atoms with Crippen LogP contribution in [-0.4, -0.2) is 42.5 Å². The highest BCUT2D eigenvalue weighted by Crippen LogP contribution is 2.25. The first kappa shape index (κ1) is 16.8. The second kappa shape index (κ2) is 7.14. The van der Waals surface area contributed by atoms with E-state index in [4.69, 9.17) is 5.73 Å². The number of rotatable bonds is 5. The van der Waals surface area contributed by atoms with Crippen molar-refractivity contribution >= 4 is 11.6 Å². The minimum absolute atomic E-state index is 0.127. The minimum atomic E-state index is 0.127. The molecule has 0 radical (unpaired) electrons. The van der Waals surface area contributed by atoms with Gasteiger partial charge in [-0.15, -0.1) is 0 Å². The third-order valence-corrected chi connectivity index (χ3v) is 4.67. The van der Waals surface area contributed by atoms with Crippen LogP contribution in [0.1, 0.15) is 44.5 Å². The Hall–Kier alpha value is -1.55. The highest BCUT2D eigenvalue weighted by Gasteiger charge is 2.32. The third-order valence-electron chi connectivity index (χ3n) is 4.67. The maximum atomic E-state index is 12.7. The van der Waals surface area contributed by atoms with E-state index in [9.17, 15) is 4.79 Å². The van der Waals surface area contributed by atoms with Crippen LogP contribution in [0.3, 0.4) is 0 Å². The Morgan fingerprint density at radius 3 is 2.45 bits per heavy atom. The first-order valence-corrected chi connectivity index (χ1v) is 8.35. The summed E-state index contributed by atoms with van der Waals surface area (Å²) in [6.45, 7) is 11.0. The first-order chi connectivity index (χ1) is 10.5. The fraction of sp³-hybridized carbons (Fsp3) is 0.611.